The number of carbonyl (C=O) groups is 1. The molecule has 138 valence electrons. The van der Waals surface area contributed by atoms with Crippen LogP contribution in [0.4, 0.5) is 0 Å². The molecule has 1 atom stereocenters. The van der Waals surface area contributed by atoms with E-state index >= 15 is 0 Å². The molecule has 2 aromatic heterocycles. The van der Waals surface area contributed by atoms with Crippen molar-refractivity contribution in [2.24, 2.45) is 5.41 Å². The lowest BCUT2D eigenvalue weighted by atomic mass is 9.86. The highest BCUT2D eigenvalue weighted by atomic mass is 16.3. The first-order valence-corrected chi connectivity index (χ1v) is 9.54. The predicted molar refractivity (Wildman–Crippen MR) is 102 cm³/mol. The first kappa shape index (κ1) is 16.4. The molecule has 5 nitrogen and oxygen atoms in total. The summed E-state index contributed by atoms with van der Waals surface area (Å²) in [5.74, 6) is 2.04. The molecule has 27 heavy (non-hydrogen) atoms. The second-order valence-electron chi connectivity index (χ2n) is 8.01. The average Bonchev–Trinajstić information content (AvgIpc) is 3.42. The Kier molecular flexibility index (Phi) is 3.71. The second-order valence-corrected chi connectivity index (χ2v) is 8.01. The molecule has 3 aromatic rings. The molecule has 0 saturated carbocycles. The minimum absolute atomic E-state index is 0.127. The van der Waals surface area contributed by atoms with Crippen molar-refractivity contribution in [3.05, 3.63) is 66.0 Å². The van der Waals surface area contributed by atoms with Crippen molar-refractivity contribution in [2.45, 2.75) is 32.7 Å². The molecule has 1 spiro atoms. The topological polar surface area (TPSA) is 51.3 Å². The van der Waals surface area contributed by atoms with E-state index in [0.717, 1.165) is 44.1 Å². The molecule has 5 rings (SSSR count). The van der Waals surface area contributed by atoms with Gasteiger partial charge in [-0.05, 0) is 31.0 Å². The number of aryl methyl sites for hydroxylation is 1. The normalized spacial score (nSPS) is 21.1. The summed E-state index contributed by atoms with van der Waals surface area (Å²) in [6.45, 7) is 4.68. The second kappa shape index (κ2) is 6.12. The number of imidazole rings is 1. The van der Waals surface area contributed by atoms with E-state index in [4.69, 9.17) is 4.42 Å². The molecule has 0 aliphatic carbocycles. The number of carbonyl (C=O) groups excluding carboxylic acids is 1. The van der Waals surface area contributed by atoms with Gasteiger partial charge in [-0.25, -0.2) is 4.98 Å². The van der Waals surface area contributed by atoms with Crippen LogP contribution in [0.2, 0.25) is 0 Å². The number of likely N-dealkylation sites (tertiary alicyclic amines) is 1. The predicted octanol–water partition coefficient (Wildman–Crippen LogP) is 3.47. The summed E-state index contributed by atoms with van der Waals surface area (Å²) >= 11 is 0. The van der Waals surface area contributed by atoms with Gasteiger partial charge >= 0.3 is 0 Å². The van der Waals surface area contributed by atoms with E-state index in [2.05, 4.69) is 40.7 Å². The molecule has 2 aliphatic rings. The summed E-state index contributed by atoms with van der Waals surface area (Å²) in [4.78, 5) is 19.3. The largest absolute Gasteiger partial charge is 0.469 e. The summed E-state index contributed by atoms with van der Waals surface area (Å²) in [6, 6.07) is 12.3. The smallest absolute Gasteiger partial charge is 0.230 e. The first-order chi connectivity index (χ1) is 13.1. The van der Waals surface area contributed by atoms with Crippen molar-refractivity contribution in [3.8, 4) is 11.3 Å². The molecule has 1 amide bonds. The summed E-state index contributed by atoms with van der Waals surface area (Å²) < 4.78 is 7.68. The van der Waals surface area contributed by atoms with Gasteiger partial charge in [-0.3, -0.25) is 4.79 Å². The fourth-order valence-electron chi connectivity index (χ4n) is 4.51. The Bertz CT molecular complexity index is 972. The summed E-state index contributed by atoms with van der Waals surface area (Å²) in [5.41, 5.74) is 3.78. The van der Waals surface area contributed by atoms with E-state index in [1.807, 2.05) is 23.2 Å². The molecule has 0 N–H and O–H groups in total. The van der Waals surface area contributed by atoms with E-state index in [0.29, 0.717) is 6.42 Å². The number of rotatable bonds is 3. The maximum absolute atomic E-state index is 12.6. The fourth-order valence-corrected chi connectivity index (χ4v) is 4.51. The monoisotopic (exact) mass is 361 g/mol. The molecule has 0 radical (unpaired) electrons. The Balaban J connectivity index is 1.32. The number of amides is 1. The molecule has 1 fully saturated rings. The lowest BCUT2D eigenvalue weighted by molar-refractivity contribution is -0.130. The van der Waals surface area contributed by atoms with Gasteiger partial charge in [-0.15, -0.1) is 0 Å². The van der Waals surface area contributed by atoms with Gasteiger partial charge in [-0.2, -0.15) is 0 Å². The van der Waals surface area contributed by atoms with Gasteiger partial charge in [0.05, 0.1) is 24.6 Å². The lowest BCUT2D eigenvalue weighted by Crippen LogP contribution is -2.34. The third-order valence-corrected chi connectivity index (χ3v) is 6.01. The van der Waals surface area contributed by atoms with Crippen LogP contribution in [0.25, 0.3) is 11.3 Å². The third kappa shape index (κ3) is 2.87. The number of fused-ring (bicyclic) bond motifs is 1. The average molecular weight is 361 g/mol. The van der Waals surface area contributed by atoms with Crippen LogP contribution < -0.4 is 0 Å². The van der Waals surface area contributed by atoms with E-state index in [-0.39, 0.29) is 11.3 Å². The van der Waals surface area contributed by atoms with E-state index in [9.17, 15) is 4.79 Å². The van der Waals surface area contributed by atoms with Gasteiger partial charge in [0.15, 0.2) is 0 Å². The summed E-state index contributed by atoms with van der Waals surface area (Å²) in [5, 5.41) is 0. The van der Waals surface area contributed by atoms with Gasteiger partial charge in [0, 0.05) is 31.5 Å². The standard InChI is InChI=1S/C22H23N3O2/c1-16-4-6-17(7-5-16)19-13-23-20-12-22(15-25(19)20)8-9-24(14-22)21(26)11-18-3-2-10-27-18/h2-7,10,13H,8-9,11-12,14-15H2,1H3/t22-/m1/s1. The van der Waals surface area contributed by atoms with Gasteiger partial charge in [0.1, 0.15) is 11.6 Å². The zero-order chi connectivity index (χ0) is 18.4. The quantitative estimate of drug-likeness (QED) is 0.718. The van der Waals surface area contributed by atoms with Crippen LogP contribution in [0, 0.1) is 12.3 Å². The molecule has 1 saturated heterocycles. The van der Waals surface area contributed by atoms with E-state index in [1.165, 1.54) is 16.8 Å². The van der Waals surface area contributed by atoms with Crippen molar-refractivity contribution in [1.29, 1.82) is 0 Å². The lowest BCUT2D eigenvalue weighted by Gasteiger charge is -2.23. The number of benzene rings is 1. The van der Waals surface area contributed by atoms with Crippen LogP contribution in [0.1, 0.15) is 23.6 Å². The molecule has 5 heteroatoms. The molecular weight excluding hydrogens is 338 g/mol. The maximum Gasteiger partial charge on any atom is 0.230 e. The van der Waals surface area contributed by atoms with Gasteiger partial charge in [0.2, 0.25) is 5.91 Å². The number of aromatic nitrogens is 2. The van der Waals surface area contributed by atoms with Crippen LogP contribution in [0.5, 0.6) is 0 Å². The van der Waals surface area contributed by atoms with E-state index < -0.39 is 0 Å². The molecule has 1 aromatic carbocycles. The van der Waals surface area contributed by atoms with Crippen LogP contribution in [0.3, 0.4) is 0 Å². The Morgan fingerprint density at radius 3 is 2.85 bits per heavy atom. The number of nitrogens with zero attached hydrogens (tertiary/aromatic N) is 3. The summed E-state index contributed by atoms with van der Waals surface area (Å²) in [6.07, 6.45) is 5.94. The van der Waals surface area contributed by atoms with Crippen molar-refractivity contribution >= 4 is 5.91 Å². The van der Waals surface area contributed by atoms with Crippen molar-refractivity contribution in [1.82, 2.24) is 14.5 Å². The molecule has 0 unspecified atom stereocenters. The summed E-state index contributed by atoms with van der Waals surface area (Å²) in [7, 11) is 0. The van der Waals surface area contributed by atoms with Crippen LogP contribution in [-0.2, 0) is 24.2 Å². The number of hydrogen-bond acceptors (Lipinski definition) is 3. The zero-order valence-electron chi connectivity index (χ0n) is 15.5. The minimum atomic E-state index is 0.127. The zero-order valence-corrected chi connectivity index (χ0v) is 15.5. The molecule has 0 bridgehead atoms. The van der Waals surface area contributed by atoms with Crippen LogP contribution in [-0.4, -0.2) is 33.4 Å². The minimum Gasteiger partial charge on any atom is -0.469 e. The van der Waals surface area contributed by atoms with Crippen molar-refractivity contribution < 1.29 is 9.21 Å². The highest BCUT2D eigenvalue weighted by Crippen LogP contribution is 2.42. The van der Waals surface area contributed by atoms with Gasteiger partial charge in [-0.1, -0.05) is 29.8 Å². The van der Waals surface area contributed by atoms with Gasteiger partial charge in [0.25, 0.3) is 0 Å². The van der Waals surface area contributed by atoms with E-state index in [1.54, 1.807) is 6.26 Å². The molecular formula is C22H23N3O2. The Hall–Kier alpha value is -2.82. The number of hydrogen-bond donors (Lipinski definition) is 0. The first-order valence-electron chi connectivity index (χ1n) is 9.54. The van der Waals surface area contributed by atoms with Crippen LogP contribution >= 0.6 is 0 Å². The highest BCUT2D eigenvalue weighted by molar-refractivity contribution is 5.78. The Labute approximate surface area is 158 Å². The number of furan rings is 1. The van der Waals surface area contributed by atoms with Crippen LogP contribution in [0.15, 0.2) is 53.3 Å². The maximum atomic E-state index is 12.6. The van der Waals surface area contributed by atoms with Gasteiger partial charge < -0.3 is 13.9 Å². The highest BCUT2D eigenvalue weighted by Gasteiger charge is 2.45. The Morgan fingerprint density at radius 2 is 2.07 bits per heavy atom. The molecule has 4 heterocycles. The van der Waals surface area contributed by atoms with Crippen molar-refractivity contribution in [2.75, 3.05) is 13.1 Å². The third-order valence-electron chi connectivity index (χ3n) is 6.01. The fraction of sp³-hybridized carbons (Fsp3) is 0.364. The molecule has 2 aliphatic heterocycles. The van der Waals surface area contributed by atoms with Crippen molar-refractivity contribution in [3.63, 3.8) is 0 Å². The SMILES string of the molecule is Cc1ccc(-c2cnc3n2C[C@]2(CCN(C(=O)Cc4ccco4)C2)C3)cc1. The Morgan fingerprint density at radius 1 is 1.22 bits per heavy atom.